The molecule has 2 rings (SSSR count). The fourth-order valence-electron chi connectivity index (χ4n) is 2.40. The van der Waals surface area contributed by atoms with Crippen molar-refractivity contribution in [1.82, 2.24) is 0 Å². The number of hydrogen-bond acceptors (Lipinski definition) is 2. The monoisotopic (exact) mass is 261 g/mol. The van der Waals surface area contributed by atoms with Gasteiger partial charge in [-0.05, 0) is 43.0 Å². The summed E-state index contributed by atoms with van der Waals surface area (Å²) in [4.78, 5) is 25.1. The molecule has 4 heteroatoms. The van der Waals surface area contributed by atoms with Crippen LogP contribution in [0.1, 0.15) is 42.6 Å². The number of carboxylic acid groups (broad SMARTS) is 1. The molecule has 0 saturated heterocycles. The van der Waals surface area contributed by atoms with E-state index in [1.54, 1.807) is 23.1 Å². The van der Waals surface area contributed by atoms with E-state index in [4.69, 9.17) is 5.11 Å². The Morgan fingerprint density at radius 3 is 2.79 bits per heavy atom. The second kappa shape index (κ2) is 5.43. The van der Waals surface area contributed by atoms with Gasteiger partial charge in [-0.3, -0.25) is 4.79 Å². The standard InChI is InChI=1S/C15H19NO3/c1-3-10(2)14(17)16-8-4-5-11-9-12(15(18)19)6-7-13(11)16/h6-7,9-10H,3-5,8H2,1-2H3,(H,18,19). The molecule has 19 heavy (non-hydrogen) atoms. The maximum absolute atomic E-state index is 12.3. The summed E-state index contributed by atoms with van der Waals surface area (Å²) in [7, 11) is 0. The minimum Gasteiger partial charge on any atom is -0.478 e. The molecule has 4 nitrogen and oxygen atoms in total. The molecule has 102 valence electrons. The smallest absolute Gasteiger partial charge is 0.335 e. The molecule has 1 N–H and O–H groups in total. The second-order valence-electron chi connectivity index (χ2n) is 5.05. The highest BCUT2D eigenvalue weighted by molar-refractivity contribution is 5.97. The molecule has 1 aromatic carbocycles. The number of aromatic carboxylic acids is 1. The van der Waals surface area contributed by atoms with Crippen molar-refractivity contribution in [3.63, 3.8) is 0 Å². The molecule has 0 aromatic heterocycles. The first kappa shape index (κ1) is 13.6. The molecule has 1 heterocycles. The number of amides is 1. The molecular weight excluding hydrogens is 242 g/mol. The minimum absolute atomic E-state index is 0.00472. The quantitative estimate of drug-likeness (QED) is 0.910. The lowest BCUT2D eigenvalue weighted by atomic mass is 9.97. The van der Waals surface area contributed by atoms with E-state index in [2.05, 4.69) is 0 Å². The van der Waals surface area contributed by atoms with Crippen molar-refractivity contribution in [1.29, 1.82) is 0 Å². The summed E-state index contributed by atoms with van der Waals surface area (Å²) in [5.74, 6) is -0.787. The Labute approximate surface area is 113 Å². The van der Waals surface area contributed by atoms with E-state index < -0.39 is 5.97 Å². The van der Waals surface area contributed by atoms with Crippen molar-refractivity contribution >= 4 is 17.6 Å². The largest absolute Gasteiger partial charge is 0.478 e. The van der Waals surface area contributed by atoms with Crippen LogP contribution in [0.5, 0.6) is 0 Å². The molecule has 0 bridgehead atoms. The molecule has 1 amide bonds. The van der Waals surface area contributed by atoms with Crippen LogP contribution in [0.3, 0.4) is 0 Å². The summed E-state index contributed by atoms with van der Waals surface area (Å²) in [6.45, 7) is 4.66. The maximum atomic E-state index is 12.3. The van der Waals surface area contributed by atoms with E-state index in [-0.39, 0.29) is 17.4 Å². The van der Waals surface area contributed by atoms with Crippen molar-refractivity contribution in [2.45, 2.75) is 33.1 Å². The van der Waals surface area contributed by atoms with Gasteiger partial charge in [0.2, 0.25) is 5.91 Å². The normalized spacial score (nSPS) is 15.8. The average molecular weight is 261 g/mol. The predicted molar refractivity (Wildman–Crippen MR) is 73.5 cm³/mol. The third-order valence-electron chi connectivity index (χ3n) is 3.75. The molecule has 0 radical (unpaired) electrons. The maximum Gasteiger partial charge on any atom is 0.335 e. The Hall–Kier alpha value is -1.84. The van der Waals surface area contributed by atoms with Gasteiger partial charge in [0.1, 0.15) is 0 Å². The summed E-state index contributed by atoms with van der Waals surface area (Å²) in [5.41, 5.74) is 2.13. The van der Waals surface area contributed by atoms with E-state index in [0.717, 1.165) is 37.1 Å². The summed E-state index contributed by atoms with van der Waals surface area (Å²) < 4.78 is 0. The van der Waals surface area contributed by atoms with Gasteiger partial charge in [0, 0.05) is 18.2 Å². The predicted octanol–water partition coefficient (Wildman–Crippen LogP) is 2.71. The number of fused-ring (bicyclic) bond motifs is 1. The first-order valence-electron chi connectivity index (χ1n) is 6.72. The highest BCUT2D eigenvalue weighted by Gasteiger charge is 2.25. The van der Waals surface area contributed by atoms with Gasteiger partial charge in [-0.15, -0.1) is 0 Å². The lowest BCUT2D eigenvalue weighted by Gasteiger charge is -2.31. The van der Waals surface area contributed by atoms with E-state index in [1.165, 1.54) is 0 Å². The van der Waals surface area contributed by atoms with Crippen molar-refractivity contribution in [2.24, 2.45) is 5.92 Å². The Morgan fingerprint density at radius 2 is 2.16 bits per heavy atom. The molecule has 0 saturated carbocycles. The number of benzene rings is 1. The number of hydrogen-bond donors (Lipinski definition) is 1. The Kier molecular flexibility index (Phi) is 3.88. The Balaban J connectivity index is 2.34. The van der Waals surface area contributed by atoms with Gasteiger partial charge in [-0.2, -0.15) is 0 Å². The molecule has 1 atom stereocenters. The molecule has 1 unspecified atom stereocenters. The molecular formula is C15H19NO3. The van der Waals surface area contributed by atoms with Crippen molar-refractivity contribution in [2.75, 3.05) is 11.4 Å². The van der Waals surface area contributed by atoms with Gasteiger partial charge in [-0.1, -0.05) is 13.8 Å². The number of carbonyl (C=O) groups is 2. The Morgan fingerprint density at radius 1 is 1.42 bits per heavy atom. The Bertz CT molecular complexity index is 510. The zero-order valence-corrected chi connectivity index (χ0v) is 11.3. The summed E-state index contributed by atoms with van der Waals surface area (Å²) in [6.07, 6.45) is 2.54. The third kappa shape index (κ3) is 2.62. The fraction of sp³-hybridized carbons (Fsp3) is 0.467. The van der Waals surface area contributed by atoms with Crippen LogP contribution in [-0.4, -0.2) is 23.5 Å². The number of anilines is 1. The van der Waals surface area contributed by atoms with Crippen molar-refractivity contribution in [3.8, 4) is 0 Å². The highest BCUT2D eigenvalue weighted by Crippen LogP contribution is 2.29. The molecule has 0 fully saturated rings. The van der Waals surface area contributed by atoms with Gasteiger partial charge >= 0.3 is 5.97 Å². The number of carbonyl (C=O) groups excluding carboxylic acids is 1. The van der Waals surface area contributed by atoms with Crippen LogP contribution in [0.4, 0.5) is 5.69 Å². The summed E-state index contributed by atoms with van der Waals surface area (Å²) >= 11 is 0. The average Bonchev–Trinajstić information content (AvgIpc) is 2.44. The minimum atomic E-state index is -0.923. The van der Waals surface area contributed by atoms with E-state index >= 15 is 0 Å². The molecule has 0 spiro atoms. The third-order valence-corrected chi connectivity index (χ3v) is 3.75. The topological polar surface area (TPSA) is 57.6 Å². The fourth-order valence-corrected chi connectivity index (χ4v) is 2.40. The van der Waals surface area contributed by atoms with Crippen LogP contribution < -0.4 is 4.90 Å². The number of aryl methyl sites for hydroxylation is 1. The number of carboxylic acids is 1. The number of rotatable bonds is 3. The zero-order valence-electron chi connectivity index (χ0n) is 11.3. The van der Waals surface area contributed by atoms with Crippen LogP contribution in [0.15, 0.2) is 18.2 Å². The second-order valence-corrected chi connectivity index (χ2v) is 5.05. The summed E-state index contributed by atoms with van der Waals surface area (Å²) in [6, 6.07) is 5.02. The summed E-state index contributed by atoms with van der Waals surface area (Å²) in [5, 5.41) is 9.01. The lowest BCUT2D eigenvalue weighted by Crippen LogP contribution is -2.38. The van der Waals surface area contributed by atoms with Gasteiger partial charge in [-0.25, -0.2) is 4.79 Å². The zero-order chi connectivity index (χ0) is 14.0. The van der Waals surface area contributed by atoms with Crippen LogP contribution in [-0.2, 0) is 11.2 Å². The van der Waals surface area contributed by atoms with Crippen molar-refractivity contribution in [3.05, 3.63) is 29.3 Å². The van der Waals surface area contributed by atoms with Crippen LogP contribution >= 0.6 is 0 Å². The van der Waals surface area contributed by atoms with Gasteiger partial charge in [0.15, 0.2) is 0 Å². The van der Waals surface area contributed by atoms with Crippen LogP contribution in [0.2, 0.25) is 0 Å². The van der Waals surface area contributed by atoms with E-state index in [9.17, 15) is 9.59 Å². The lowest BCUT2D eigenvalue weighted by molar-refractivity contribution is -0.122. The molecule has 1 aromatic rings. The molecule has 1 aliphatic heterocycles. The van der Waals surface area contributed by atoms with E-state index in [1.807, 2.05) is 13.8 Å². The van der Waals surface area contributed by atoms with Crippen LogP contribution in [0, 0.1) is 5.92 Å². The van der Waals surface area contributed by atoms with E-state index in [0.29, 0.717) is 0 Å². The van der Waals surface area contributed by atoms with Gasteiger partial charge in [0.05, 0.1) is 5.56 Å². The SMILES string of the molecule is CCC(C)C(=O)N1CCCc2cc(C(=O)O)ccc21. The van der Waals surface area contributed by atoms with Crippen molar-refractivity contribution < 1.29 is 14.7 Å². The first-order chi connectivity index (χ1) is 9.04. The highest BCUT2D eigenvalue weighted by atomic mass is 16.4. The van der Waals surface area contributed by atoms with Gasteiger partial charge in [0.25, 0.3) is 0 Å². The molecule has 0 aliphatic carbocycles. The van der Waals surface area contributed by atoms with Gasteiger partial charge < -0.3 is 10.0 Å². The first-order valence-corrected chi connectivity index (χ1v) is 6.72. The number of nitrogens with zero attached hydrogens (tertiary/aromatic N) is 1. The molecule has 1 aliphatic rings. The van der Waals surface area contributed by atoms with Crippen LogP contribution in [0.25, 0.3) is 0 Å².